The molecule has 2 fully saturated rings. The molecule has 0 spiro atoms. The zero-order valence-electron chi connectivity index (χ0n) is 12.5. The van der Waals surface area contributed by atoms with Crippen LogP contribution in [-0.2, 0) is 10.0 Å². The monoisotopic (exact) mass is 335 g/mol. The van der Waals surface area contributed by atoms with Crippen molar-refractivity contribution < 1.29 is 13.6 Å². The first kappa shape index (κ1) is 16.9. The fraction of sp³-hybridized carbons (Fsp3) is 0.923. The van der Waals surface area contributed by atoms with Crippen LogP contribution in [-0.4, -0.2) is 53.1 Å². The van der Waals surface area contributed by atoms with Gasteiger partial charge in [-0.25, -0.2) is 12.7 Å². The maximum Gasteiger partial charge on any atom is 0.216 e. The third-order valence-electron chi connectivity index (χ3n) is 4.83. The summed E-state index contributed by atoms with van der Waals surface area (Å²) in [6, 6.07) is 0. The lowest BCUT2D eigenvalue weighted by Gasteiger charge is -2.40. The van der Waals surface area contributed by atoms with Gasteiger partial charge in [-0.15, -0.1) is 0 Å². The van der Waals surface area contributed by atoms with Crippen LogP contribution in [0.15, 0.2) is 5.16 Å². The van der Waals surface area contributed by atoms with Gasteiger partial charge in [-0.1, -0.05) is 24.4 Å². The third kappa shape index (κ3) is 3.32. The van der Waals surface area contributed by atoms with E-state index in [9.17, 15) is 8.42 Å². The highest BCUT2D eigenvalue weighted by molar-refractivity contribution is 8.00. The second-order valence-electron chi connectivity index (χ2n) is 5.89. The summed E-state index contributed by atoms with van der Waals surface area (Å²) in [6.45, 7) is 0.909. The lowest BCUT2D eigenvalue weighted by molar-refractivity contribution is 0.298. The maximum atomic E-state index is 12.7. The minimum atomic E-state index is -3.20. The summed E-state index contributed by atoms with van der Waals surface area (Å²) in [4.78, 5) is 0. The molecule has 21 heavy (non-hydrogen) atoms. The summed E-state index contributed by atoms with van der Waals surface area (Å²) in [6.07, 6.45) is 7.84. The van der Waals surface area contributed by atoms with Gasteiger partial charge in [0.2, 0.25) is 10.0 Å². The molecule has 0 radical (unpaired) electrons. The Kier molecular flexibility index (Phi) is 5.43. The summed E-state index contributed by atoms with van der Waals surface area (Å²) in [7, 11) is -3.20. The highest BCUT2D eigenvalue weighted by atomic mass is 32.2. The molecule has 2 rings (SSSR count). The number of thioether (sulfide) groups is 1. The van der Waals surface area contributed by atoms with Gasteiger partial charge in [0.1, 0.15) is 0 Å². The van der Waals surface area contributed by atoms with E-state index in [4.69, 9.17) is 10.9 Å². The van der Waals surface area contributed by atoms with Crippen LogP contribution in [0.25, 0.3) is 0 Å². The van der Waals surface area contributed by atoms with Crippen LogP contribution in [0.5, 0.6) is 0 Å². The molecule has 1 saturated heterocycles. The molecule has 122 valence electrons. The lowest BCUT2D eigenvalue weighted by atomic mass is 9.96. The highest BCUT2D eigenvalue weighted by Gasteiger charge is 2.42. The fourth-order valence-corrected chi connectivity index (χ4v) is 6.21. The Hall–Kier alpha value is -0.470. The van der Waals surface area contributed by atoms with E-state index < -0.39 is 14.8 Å². The molecule has 0 unspecified atom stereocenters. The quantitative estimate of drug-likeness (QED) is 0.352. The molecular weight excluding hydrogens is 310 g/mol. The number of rotatable bonds is 4. The van der Waals surface area contributed by atoms with Crippen LogP contribution in [0.3, 0.4) is 0 Å². The zero-order valence-corrected chi connectivity index (χ0v) is 14.1. The molecule has 2 aliphatic rings. The lowest BCUT2D eigenvalue weighted by Crippen LogP contribution is -2.53. The molecule has 8 heteroatoms. The molecular formula is C13H25N3O3S2. The van der Waals surface area contributed by atoms with Crippen molar-refractivity contribution in [2.75, 3.05) is 19.3 Å². The minimum absolute atomic E-state index is 0.199. The van der Waals surface area contributed by atoms with Crippen molar-refractivity contribution in [1.29, 1.82) is 0 Å². The Bertz CT molecular complexity index is 479. The Balaban J connectivity index is 2.06. The number of oxime groups is 1. The molecule has 3 N–H and O–H groups in total. The van der Waals surface area contributed by atoms with Gasteiger partial charge in [0, 0.05) is 13.1 Å². The van der Waals surface area contributed by atoms with E-state index in [2.05, 4.69) is 5.16 Å². The van der Waals surface area contributed by atoms with Crippen molar-refractivity contribution in [2.45, 2.75) is 54.9 Å². The Labute approximate surface area is 131 Å². The molecule has 6 nitrogen and oxygen atoms in total. The summed E-state index contributed by atoms with van der Waals surface area (Å²) in [5, 5.41) is 11.9. The van der Waals surface area contributed by atoms with E-state index in [1.54, 1.807) is 4.31 Å². The first-order valence-corrected chi connectivity index (χ1v) is 10.2. The second-order valence-corrected chi connectivity index (χ2v) is 9.29. The van der Waals surface area contributed by atoms with Crippen LogP contribution in [0, 0.1) is 0 Å². The molecule has 1 aliphatic heterocycles. The first-order chi connectivity index (χ1) is 9.96. The van der Waals surface area contributed by atoms with E-state index in [0.29, 0.717) is 25.9 Å². The van der Waals surface area contributed by atoms with Gasteiger partial charge in [-0.2, -0.15) is 11.8 Å². The van der Waals surface area contributed by atoms with Crippen LogP contribution >= 0.6 is 11.8 Å². The Morgan fingerprint density at radius 2 is 1.86 bits per heavy atom. The minimum Gasteiger partial charge on any atom is -0.409 e. The van der Waals surface area contributed by atoms with Crippen LogP contribution in [0.1, 0.15) is 44.9 Å². The van der Waals surface area contributed by atoms with E-state index in [-0.39, 0.29) is 11.1 Å². The molecule has 0 aromatic carbocycles. The van der Waals surface area contributed by atoms with E-state index >= 15 is 0 Å². The number of piperidine rings is 1. The Morgan fingerprint density at radius 1 is 1.29 bits per heavy atom. The van der Waals surface area contributed by atoms with Crippen molar-refractivity contribution >= 4 is 27.6 Å². The maximum absolute atomic E-state index is 12.7. The van der Waals surface area contributed by atoms with Gasteiger partial charge in [0.15, 0.2) is 5.84 Å². The van der Waals surface area contributed by atoms with E-state index in [1.807, 2.05) is 6.26 Å². The smallest absolute Gasteiger partial charge is 0.216 e. The molecule has 0 aromatic rings. The van der Waals surface area contributed by atoms with Gasteiger partial charge in [0.25, 0.3) is 0 Å². The number of hydrogen-bond donors (Lipinski definition) is 2. The number of hydrogen-bond acceptors (Lipinski definition) is 5. The Morgan fingerprint density at radius 3 is 2.33 bits per heavy atom. The predicted octanol–water partition coefficient (Wildman–Crippen LogP) is 1.59. The van der Waals surface area contributed by atoms with Crippen LogP contribution in [0.4, 0.5) is 0 Å². The van der Waals surface area contributed by atoms with Crippen LogP contribution < -0.4 is 5.73 Å². The van der Waals surface area contributed by atoms with Crippen molar-refractivity contribution in [1.82, 2.24) is 4.31 Å². The molecule has 0 bridgehead atoms. The predicted molar refractivity (Wildman–Crippen MR) is 86.3 cm³/mol. The van der Waals surface area contributed by atoms with Crippen molar-refractivity contribution in [3.63, 3.8) is 0 Å². The van der Waals surface area contributed by atoms with Crippen LogP contribution in [0.2, 0.25) is 0 Å². The molecule has 0 amide bonds. The standard InChI is InChI=1S/C13H25N3O3S2/c1-20-13(12(14)15-17)7-9-16(10-8-13)21(18,19)11-5-3-2-4-6-11/h11,17H,2-10H2,1H3,(H2,14,15). The summed E-state index contributed by atoms with van der Waals surface area (Å²) in [5.41, 5.74) is 5.80. The molecule has 0 atom stereocenters. The van der Waals surface area contributed by atoms with E-state index in [1.165, 1.54) is 11.8 Å². The number of nitrogens with zero attached hydrogens (tertiary/aromatic N) is 2. The van der Waals surface area contributed by atoms with Gasteiger partial charge in [-0.05, 0) is 31.9 Å². The van der Waals surface area contributed by atoms with Gasteiger partial charge >= 0.3 is 0 Å². The molecule has 1 aliphatic carbocycles. The summed E-state index contributed by atoms with van der Waals surface area (Å²) >= 11 is 1.54. The second kappa shape index (κ2) is 6.75. The zero-order chi connectivity index (χ0) is 15.5. The average Bonchev–Trinajstić information content (AvgIpc) is 2.54. The van der Waals surface area contributed by atoms with E-state index in [0.717, 1.165) is 32.1 Å². The molecule has 1 heterocycles. The van der Waals surface area contributed by atoms with Crippen molar-refractivity contribution in [2.24, 2.45) is 10.9 Å². The topological polar surface area (TPSA) is 96.0 Å². The average molecular weight is 335 g/mol. The summed E-state index contributed by atoms with van der Waals surface area (Å²) < 4.78 is 26.6. The van der Waals surface area contributed by atoms with Gasteiger partial charge in [0.05, 0.1) is 10.00 Å². The van der Waals surface area contributed by atoms with Gasteiger partial charge in [-0.3, -0.25) is 0 Å². The van der Waals surface area contributed by atoms with Crippen molar-refractivity contribution in [3.05, 3.63) is 0 Å². The largest absolute Gasteiger partial charge is 0.409 e. The fourth-order valence-electron chi connectivity index (χ4n) is 3.33. The molecule has 0 aromatic heterocycles. The normalized spacial score (nSPS) is 25.9. The number of amidine groups is 1. The SMILES string of the molecule is CSC1(C(N)=NO)CCN(S(=O)(=O)C2CCCCC2)CC1. The molecule has 1 saturated carbocycles. The number of nitrogens with two attached hydrogens (primary N) is 1. The first-order valence-electron chi connectivity index (χ1n) is 7.48. The summed E-state index contributed by atoms with van der Waals surface area (Å²) in [5.74, 6) is 0.199. The highest BCUT2D eigenvalue weighted by Crippen LogP contribution is 2.37. The van der Waals surface area contributed by atoms with Crippen molar-refractivity contribution in [3.8, 4) is 0 Å². The van der Waals surface area contributed by atoms with Gasteiger partial charge < -0.3 is 10.9 Å². The number of sulfonamides is 1. The third-order valence-corrected chi connectivity index (χ3v) is 8.63.